The maximum Gasteiger partial charge on any atom is 0.252 e. The van der Waals surface area contributed by atoms with Gasteiger partial charge in [-0.2, -0.15) is 0 Å². The molecule has 0 heterocycles. The zero-order chi connectivity index (χ0) is 15.9. The monoisotopic (exact) mass is 339 g/mol. The Morgan fingerprint density at radius 2 is 1.91 bits per heavy atom. The Morgan fingerprint density at radius 3 is 2.64 bits per heavy atom. The number of ether oxygens (including phenoxy) is 2. The molecular weight excluding hydrogens is 325 g/mol. The summed E-state index contributed by atoms with van der Waals surface area (Å²) in [5, 5.41) is 3.54. The van der Waals surface area contributed by atoms with Crippen molar-refractivity contribution < 1.29 is 14.3 Å². The Labute approximate surface area is 138 Å². The smallest absolute Gasteiger partial charge is 0.252 e. The molecular formula is C16H15Cl2NO3. The average molecular weight is 340 g/mol. The highest BCUT2D eigenvalue weighted by Crippen LogP contribution is 2.21. The van der Waals surface area contributed by atoms with Crippen LogP contribution in [0.4, 0.5) is 0 Å². The lowest BCUT2D eigenvalue weighted by Gasteiger charge is -2.09. The molecule has 0 aliphatic carbocycles. The SMILES string of the molecule is COc1cccc(OCCNC(=O)c2ccc(Cl)cc2Cl)c1. The molecule has 0 spiro atoms. The summed E-state index contributed by atoms with van der Waals surface area (Å²) in [6, 6.07) is 12.0. The predicted molar refractivity (Wildman–Crippen MR) is 87.3 cm³/mol. The number of hydrogen-bond donors (Lipinski definition) is 1. The molecule has 2 aromatic rings. The number of hydrogen-bond acceptors (Lipinski definition) is 3. The number of rotatable bonds is 6. The molecule has 0 saturated carbocycles. The third-order valence-corrected chi connectivity index (χ3v) is 3.42. The van der Waals surface area contributed by atoms with Gasteiger partial charge in [-0.3, -0.25) is 4.79 Å². The van der Waals surface area contributed by atoms with Gasteiger partial charge in [0.15, 0.2) is 0 Å². The lowest BCUT2D eigenvalue weighted by Crippen LogP contribution is -2.28. The van der Waals surface area contributed by atoms with Crippen LogP contribution in [0.15, 0.2) is 42.5 Å². The number of amides is 1. The molecule has 0 fully saturated rings. The van der Waals surface area contributed by atoms with Crippen molar-refractivity contribution in [2.24, 2.45) is 0 Å². The van der Waals surface area contributed by atoms with E-state index in [-0.39, 0.29) is 5.91 Å². The van der Waals surface area contributed by atoms with Crippen molar-refractivity contribution in [1.82, 2.24) is 5.32 Å². The minimum Gasteiger partial charge on any atom is -0.497 e. The van der Waals surface area contributed by atoms with Gasteiger partial charge in [0.05, 0.1) is 24.2 Å². The molecule has 1 amide bonds. The van der Waals surface area contributed by atoms with Crippen LogP contribution in [0.3, 0.4) is 0 Å². The molecule has 0 radical (unpaired) electrons. The Bertz CT molecular complexity index is 662. The molecule has 1 N–H and O–H groups in total. The van der Waals surface area contributed by atoms with Gasteiger partial charge >= 0.3 is 0 Å². The van der Waals surface area contributed by atoms with Crippen molar-refractivity contribution in [2.45, 2.75) is 0 Å². The summed E-state index contributed by atoms with van der Waals surface area (Å²) >= 11 is 11.8. The summed E-state index contributed by atoms with van der Waals surface area (Å²) in [5.41, 5.74) is 0.382. The number of carbonyl (C=O) groups excluding carboxylic acids is 1. The van der Waals surface area contributed by atoms with Crippen LogP contribution >= 0.6 is 23.2 Å². The van der Waals surface area contributed by atoms with Crippen LogP contribution in [0.5, 0.6) is 11.5 Å². The van der Waals surface area contributed by atoms with Crippen LogP contribution in [0, 0.1) is 0 Å². The van der Waals surface area contributed by atoms with Gasteiger partial charge in [-0.1, -0.05) is 29.3 Å². The van der Waals surface area contributed by atoms with Crippen LogP contribution in [0.25, 0.3) is 0 Å². The molecule has 2 rings (SSSR count). The van der Waals surface area contributed by atoms with E-state index < -0.39 is 0 Å². The predicted octanol–water partition coefficient (Wildman–Crippen LogP) is 3.81. The highest BCUT2D eigenvalue weighted by Gasteiger charge is 2.10. The Morgan fingerprint density at radius 1 is 1.14 bits per heavy atom. The van der Waals surface area contributed by atoms with Crippen molar-refractivity contribution >= 4 is 29.1 Å². The summed E-state index contributed by atoms with van der Waals surface area (Å²) in [7, 11) is 1.59. The summed E-state index contributed by atoms with van der Waals surface area (Å²) in [4.78, 5) is 12.0. The molecule has 0 aliphatic rings. The van der Waals surface area contributed by atoms with Gasteiger partial charge in [-0.05, 0) is 30.3 Å². The maximum absolute atomic E-state index is 12.0. The van der Waals surface area contributed by atoms with Gasteiger partial charge in [0.1, 0.15) is 18.1 Å². The normalized spacial score (nSPS) is 10.1. The third-order valence-electron chi connectivity index (χ3n) is 2.87. The van der Waals surface area contributed by atoms with E-state index in [0.717, 1.165) is 5.75 Å². The Hall–Kier alpha value is -1.91. The molecule has 0 bridgehead atoms. The van der Waals surface area contributed by atoms with Gasteiger partial charge in [0.2, 0.25) is 0 Å². The zero-order valence-corrected chi connectivity index (χ0v) is 13.4. The van der Waals surface area contributed by atoms with E-state index in [9.17, 15) is 4.79 Å². The van der Waals surface area contributed by atoms with E-state index in [4.69, 9.17) is 32.7 Å². The minimum absolute atomic E-state index is 0.268. The van der Waals surface area contributed by atoms with Crippen molar-refractivity contribution in [1.29, 1.82) is 0 Å². The molecule has 0 atom stereocenters. The van der Waals surface area contributed by atoms with Crippen molar-refractivity contribution in [2.75, 3.05) is 20.3 Å². The molecule has 0 aromatic heterocycles. The number of halogens is 2. The molecule has 6 heteroatoms. The lowest BCUT2D eigenvalue weighted by atomic mass is 10.2. The van der Waals surface area contributed by atoms with Gasteiger partial charge in [0, 0.05) is 11.1 Å². The fourth-order valence-corrected chi connectivity index (χ4v) is 2.29. The first kappa shape index (κ1) is 16.5. The summed E-state index contributed by atoms with van der Waals surface area (Å²) in [5.74, 6) is 1.13. The number of carbonyl (C=O) groups is 1. The van der Waals surface area contributed by atoms with Gasteiger partial charge in [-0.15, -0.1) is 0 Å². The Balaban J connectivity index is 1.82. The van der Waals surface area contributed by atoms with E-state index in [2.05, 4.69) is 5.32 Å². The average Bonchev–Trinajstić information content (AvgIpc) is 2.51. The van der Waals surface area contributed by atoms with Crippen LogP contribution in [0.1, 0.15) is 10.4 Å². The third kappa shape index (κ3) is 4.55. The van der Waals surface area contributed by atoms with Crippen LogP contribution in [0.2, 0.25) is 10.0 Å². The summed E-state index contributed by atoms with van der Waals surface area (Å²) in [6.45, 7) is 0.694. The minimum atomic E-state index is -0.268. The molecule has 116 valence electrons. The van der Waals surface area contributed by atoms with Gasteiger partial charge in [0.25, 0.3) is 5.91 Å². The van der Waals surface area contributed by atoms with Gasteiger partial charge < -0.3 is 14.8 Å². The second-order valence-electron chi connectivity index (χ2n) is 4.41. The van der Waals surface area contributed by atoms with E-state index >= 15 is 0 Å². The van der Waals surface area contributed by atoms with Gasteiger partial charge in [-0.25, -0.2) is 0 Å². The molecule has 2 aromatic carbocycles. The number of benzene rings is 2. The van der Waals surface area contributed by atoms with Crippen LogP contribution in [-0.2, 0) is 0 Å². The molecule has 4 nitrogen and oxygen atoms in total. The summed E-state index contributed by atoms with van der Waals surface area (Å²) < 4.78 is 10.6. The molecule has 0 saturated heterocycles. The number of nitrogens with one attached hydrogen (secondary N) is 1. The first-order valence-electron chi connectivity index (χ1n) is 6.60. The fourth-order valence-electron chi connectivity index (χ4n) is 1.79. The fraction of sp³-hybridized carbons (Fsp3) is 0.188. The summed E-state index contributed by atoms with van der Waals surface area (Å²) in [6.07, 6.45) is 0. The number of methoxy groups -OCH3 is 1. The lowest BCUT2D eigenvalue weighted by molar-refractivity contribution is 0.0947. The second kappa shape index (κ2) is 7.92. The van der Waals surface area contributed by atoms with E-state index in [1.54, 1.807) is 25.3 Å². The first-order valence-corrected chi connectivity index (χ1v) is 7.36. The standard InChI is InChI=1S/C16H15Cl2NO3/c1-21-12-3-2-4-13(10-12)22-8-7-19-16(20)14-6-5-11(17)9-15(14)18/h2-6,9-10H,7-8H2,1H3,(H,19,20). The topological polar surface area (TPSA) is 47.6 Å². The van der Waals surface area contributed by atoms with Crippen LogP contribution in [-0.4, -0.2) is 26.2 Å². The van der Waals surface area contributed by atoms with E-state index in [0.29, 0.717) is 34.5 Å². The second-order valence-corrected chi connectivity index (χ2v) is 5.25. The molecule has 0 unspecified atom stereocenters. The molecule has 0 aliphatic heterocycles. The highest BCUT2D eigenvalue weighted by molar-refractivity contribution is 6.36. The van der Waals surface area contributed by atoms with Crippen molar-refractivity contribution in [3.8, 4) is 11.5 Å². The first-order chi connectivity index (χ1) is 10.6. The Kier molecular flexibility index (Phi) is 5.92. The quantitative estimate of drug-likeness (QED) is 0.814. The largest absolute Gasteiger partial charge is 0.497 e. The molecule has 22 heavy (non-hydrogen) atoms. The van der Waals surface area contributed by atoms with Crippen molar-refractivity contribution in [3.05, 3.63) is 58.1 Å². The highest BCUT2D eigenvalue weighted by atomic mass is 35.5. The van der Waals surface area contributed by atoms with Crippen molar-refractivity contribution in [3.63, 3.8) is 0 Å². The zero-order valence-electron chi connectivity index (χ0n) is 11.9. The maximum atomic E-state index is 12.0. The van der Waals surface area contributed by atoms with E-state index in [1.807, 2.05) is 18.2 Å². The van der Waals surface area contributed by atoms with Crippen LogP contribution < -0.4 is 14.8 Å². The van der Waals surface area contributed by atoms with E-state index in [1.165, 1.54) is 6.07 Å².